The molecule has 1 aromatic heterocycles. The second-order valence-corrected chi connectivity index (χ2v) is 7.06. The number of benzene rings is 1. The van der Waals surface area contributed by atoms with Crippen LogP contribution < -0.4 is 10.1 Å². The average Bonchev–Trinajstić information content (AvgIpc) is 3.38. The van der Waals surface area contributed by atoms with Crippen LogP contribution in [0, 0.1) is 0 Å². The van der Waals surface area contributed by atoms with Crippen LogP contribution in [0.5, 0.6) is 5.75 Å². The molecule has 1 atom stereocenters. The quantitative estimate of drug-likeness (QED) is 0.426. The fourth-order valence-corrected chi connectivity index (χ4v) is 3.20. The van der Waals surface area contributed by atoms with Crippen molar-refractivity contribution in [2.24, 2.45) is 0 Å². The van der Waals surface area contributed by atoms with E-state index in [0.717, 1.165) is 44.7 Å². The molecule has 0 radical (unpaired) electrons. The Morgan fingerprint density at radius 3 is 2.83 bits per heavy atom. The maximum Gasteiger partial charge on any atom is 0.419 e. The zero-order valence-corrected chi connectivity index (χ0v) is 16.5. The smallest absolute Gasteiger partial charge is 0.419 e. The number of alkyl halides is 3. The number of nitrogens with one attached hydrogen (secondary N) is 1. The van der Waals surface area contributed by atoms with Gasteiger partial charge in [0.05, 0.1) is 18.2 Å². The molecule has 1 fully saturated rings. The van der Waals surface area contributed by atoms with E-state index in [4.69, 9.17) is 9.26 Å². The minimum Gasteiger partial charge on any atom is -0.493 e. The number of halogens is 3. The number of allylic oxidation sites excluding steroid dienone is 1. The van der Waals surface area contributed by atoms with Crippen LogP contribution in [-0.2, 0) is 6.18 Å². The van der Waals surface area contributed by atoms with Gasteiger partial charge in [-0.15, -0.1) is 0 Å². The van der Waals surface area contributed by atoms with Gasteiger partial charge in [0.2, 0.25) is 11.7 Å². The number of nitrogens with zero attached hydrogens (tertiary/aromatic N) is 2. The van der Waals surface area contributed by atoms with Gasteiger partial charge in [-0.2, -0.15) is 18.2 Å². The number of ether oxygens (including phenoxy) is 1. The highest BCUT2D eigenvalue weighted by molar-refractivity contribution is 5.59. The summed E-state index contributed by atoms with van der Waals surface area (Å²) in [6.45, 7) is 3.16. The molecule has 3 rings (SSSR count). The van der Waals surface area contributed by atoms with Gasteiger partial charge in [-0.1, -0.05) is 37.1 Å². The molecule has 0 aliphatic carbocycles. The van der Waals surface area contributed by atoms with E-state index in [0.29, 0.717) is 12.3 Å². The molecule has 1 unspecified atom stereocenters. The average molecular weight is 409 g/mol. The van der Waals surface area contributed by atoms with Gasteiger partial charge in [-0.05, 0) is 50.4 Å². The second kappa shape index (κ2) is 9.91. The number of rotatable bonds is 9. The third-order valence-corrected chi connectivity index (χ3v) is 4.78. The van der Waals surface area contributed by atoms with E-state index in [1.165, 1.54) is 12.1 Å². The predicted molar refractivity (Wildman–Crippen MR) is 103 cm³/mol. The van der Waals surface area contributed by atoms with Crippen molar-refractivity contribution < 1.29 is 22.4 Å². The summed E-state index contributed by atoms with van der Waals surface area (Å²) in [6.07, 6.45) is 5.06. The number of aromatic nitrogens is 2. The summed E-state index contributed by atoms with van der Waals surface area (Å²) in [4.78, 5) is 4.27. The van der Waals surface area contributed by atoms with E-state index < -0.39 is 11.7 Å². The van der Waals surface area contributed by atoms with Gasteiger partial charge >= 0.3 is 6.18 Å². The maximum absolute atomic E-state index is 13.5. The van der Waals surface area contributed by atoms with Gasteiger partial charge < -0.3 is 14.6 Å². The van der Waals surface area contributed by atoms with Crippen molar-refractivity contribution in [1.82, 2.24) is 15.5 Å². The van der Waals surface area contributed by atoms with Crippen molar-refractivity contribution in [3.05, 3.63) is 41.8 Å². The fourth-order valence-electron chi connectivity index (χ4n) is 3.20. The van der Waals surface area contributed by atoms with Gasteiger partial charge in [0.25, 0.3) is 0 Å². The Hall–Kier alpha value is -2.35. The zero-order chi connectivity index (χ0) is 20.7. The lowest BCUT2D eigenvalue weighted by molar-refractivity contribution is -0.138. The molecule has 1 aliphatic rings. The first-order valence-electron chi connectivity index (χ1n) is 10.1. The summed E-state index contributed by atoms with van der Waals surface area (Å²) < 4.78 is 51.3. The summed E-state index contributed by atoms with van der Waals surface area (Å²) in [5.74, 6) is 0.357. The number of hydrogen-bond acceptors (Lipinski definition) is 5. The minimum atomic E-state index is -4.54. The third-order valence-electron chi connectivity index (χ3n) is 4.78. The standard InChI is InChI=1S/C21H26F3N3O2/c1-2-3-4-5-6-7-13-28-18-11-10-15(14-16(18)21(22,23)24)19-26-20(29-27-19)17-9-8-12-25-17/h5-6,10-11,14,17,25H,2-4,7-9,12-13H2,1H3/b6-5-. The van der Waals surface area contributed by atoms with Crippen LogP contribution in [0.4, 0.5) is 13.2 Å². The number of hydrogen-bond donors (Lipinski definition) is 1. The van der Waals surface area contributed by atoms with Gasteiger partial charge in [0.15, 0.2) is 0 Å². The highest BCUT2D eigenvalue weighted by atomic mass is 19.4. The third kappa shape index (κ3) is 5.82. The highest BCUT2D eigenvalue weighted by Crippen LogP contribution is 2.38. The summed E-state index contributed by atoms with van der Waals surface area (Å²) in [5.41, 5.74) is -0.590. The summed E-state index contributed by atoms with van der Waals surface area (Å²) in [7, 11) is 0. The molecule has 158 valence electrons. The topological polar surface area (TPSA) is 60.2 Å². The first kappa shape index (κ1) is 21.4. The van der Waals surface area contributed by atoms with Gasteiger partial charge in [0.1, 0.15) is 5.75 Å². The fraction of sp³-hybridized carbons (Fsp3) is 0.524. The molecule has 0 amide bonds. The van der Waals surface area contributed by atoms with Gasteiger partial charge in [-0.3, -0.25) is 0 Å². The summed E-state index contributed by atoms with van der Waals surface area (Å²) in [6, 6.07) is 3.83. The van der Waals surface area contributed by atoms with Crippen LogP contribution in [-0.4, -0.2) is 23.3 Å². The largest absolute Gasteiger partial charge is 0.493 e. The molecule has 29 heavy (non-hydrogen) atoms. The molecule has 0 saturated carbocycles. The van der Waals surface area contributed by atoms with Gasteiger partial charge in [0, 0.05) is 5.56 Å². The molecule has 8 heteroatoms. The predicted octanol–water partition coefficient (Wildman–Crippen LogP) is 5.70. The van der Waals surface area contributed by atoms with Crippen molar-refractivity contribution in [3.8, 4) is 17.1 Å². The Morgan fingerprint density at radius 1 is 1.28 bits per heavy atom. The second-order valence-electron chi connectivity index (χ2n) is 7.06. The summed E-state index contributed by atoms with van der Waals surface area (Å²) in [5, 5.41) is 7.08. The van der Waals surface area contributed by atoms with E-state index >= 15 is 0 Å². The van der Waals surface area contributed by atoms with E-state index in [1.54, 1.807) is 0 Å². The number of unbranched alkanes of at least 4 members (excludes halogenated alkanes) is 2. The van der Waals surface area contributed by atoms with E-state index in [2.05, 4.69) is 22.4 Å². The van der Waals surface area contributed by atoms with Crippen molar-refractivity contribution in [3.63, 3.8) is 0 Å². The lowest BCUT2D eigenvalue weighted by atomic mass is 10.1. The summed E-state index contributed by atoms with van der Waals surface area (Å²) >= 11 is 0. The molecule has 1 aliphatic heterocycles. The van der Waals surface area contributed by atoms with Crippen molar-refractivity contribution in [2.45, 2.75) is 57.7 Å². The molecular formula is C21H26F3N3O2. The molecule has 0 spiro atoms. The van der Waals surface area contributed by atoms with Crippen LogP contribution in [0.15, 0.2) is 34.9 Å². The van der Waals surface area contributed by atoms with Crippen molar-refractivity contribution >= 4 is 0 Å². The van der Waals surface area contributed by atoms with Crippen LogP contribution in [0.25, 0.3) is 11.4 Å². The lowest BCUT2D eigenvalue weighted by Gasteiger charge is -2.14. The van der Waals surface area contributed by atoms with Crippen LogP contribution >= 0.6 is 0 Å². The Kier molecular flexibility index (Phi) is 7.30. The SMILES string of the molecule is CCCC/C=C\CCOc1ccc(-c2noc(C3CCCN3)n2)cc1C(F)(F)F. The Balaban J connectivity index is 1.70. The van der Waals surface area contributed by atoms with E-state index in [-0.39, 0.29) is 29.8 Å². The van der Waals surface area contributed by atoms with Gasteiger partial charge in [-0.25, -0.2) is 0 Å². The first-order valence-corrected chi connectivity index (χ1v) is 10.1. The molecule has 1 saturated heterocycles. The van der Waals surface area contributed by atoms with Crippen LogP contribution in [0.1, 0.15) is 62.9 Å². The molecule has 2 heterocycles. The molecule has 0 bridgehead atoms. The van der Waals surface area contributed by atoms with E-state index in [1.807, 2.05) is 12.2 Å². The first-order chi connectivity index (χ1) is 14.0. The van der Waals surface area contributed by atoms with E-state index in [9.17, 15) is 13.2 Å². The highest BCUT2D eigenvalue weighted by Gasteiger charge is 2.35. The molecule has 1 N–H and O–H groups in total. The van der Waals surface area contributed by atoms with Crippen molar-refractivity contribution in [1.29, 1.82) is 0 Å². The Bertz CT molecular complexity index is 812. The maximum atomic E-state index is 13.5. The Morgan fingerprint density at radius 2 is 2.10 bits per heavy atom. The molecule has 1 aromatic carbocycles. The van der Waals surface area contributed by atoms with Crippen molar-refractivity contribution in [2.75, 3.05) is 13.2 Å². The Labute approximate surface area is 168 Å². The monoisotopic (exact) mass is 409 g/mol. The minimum absolute atomic E-state index is 0.0358. The molecule has 2 aromatic rings. The van der Waals surface area contributed by atoms with Crippen LogP contribution in [0.2, 0.25) is 0 Å². The molecular weight excluding hydrogens is 383 g/mol. The molecule has 5 nitrogen and oxygen atoms in total. The lowest BCUT2D eigenvalue weighted by Crippen LogP contribution is -2.13. The normalized spacial score (nSPS) is 17.3. The van der Waals surface area contributed by atoms with Crippen LogP contribution in [0.3, 0.4) is 0 Å². The zero-order valence-electron chi connectivity index (χ0n) is 16.5.